The maximum atomic E-state index is 9.67. The third-order valence-corrected chi connectivity index (χ3v) is 3.85. The molecule has 0 bridgehead atoms. The number of hydrogen-bond donors (Lipinski definition) is 2. The Labute approximate surface area is 105 Å². The molecular weight excluding hydrogens is 232 g/mol. The standard InChI is InChI=1S/C14H16O2S/c15-10-14(11-16,8-12-6-7-17-9-12)13-4-2-1-3-5-13/h1-7,9,15-16H,8,10-11H2. The molecule has 3 heteroatoms. The molecule has 0 aliphatic carbocycles. The van der Waals surface area contributed by atoms with Crippen LogP contribution in [-0.2, 0) is 11.8 Å². The Morgan fingerprint density at radius 1 is 1.00 bits per heavy atom. The number of rotatable bonds is 5. The Morgan fingerprint density at radius 2 is 1.71 bits per heavy atom. The van der Waals surface area contributed by atoms with Crippen molar-refractivity contribution in [3.63, 3.8) is 0 Å². The highest BCUT2D eigenvalue weighted by atomic mass is 32.1. The summed E-state index contributed by atoms with van der Waals surface area (Å²) in [5.74, 6) is 0. The Balaban J connectivity index is 2.32. The molecule has 0 unspecified atom stereocenters. The summed E-state index contributed by atoms with van der Waals surface area (Å²) in [5, 5.41) is 23.4. The van der Waals surface area contributed by atoms with Gasteiger partial charge in [0.2, 0.25) is 0 Å². The largest absolute Gasteiger partial charge is 0.395 e. The minimum atomic E-state index is -0.581. The molecule has 0 radical (unpaired) electrons. The van der Waals surface area contributed by atoms with E-state index in [1.807, 2.05) is 41.8 Å². The number of aliphatic hydroxyl groups is 2. The highest BCUT2D eigenvalue weighted by Crippen LogP contribution is 2.28. The molecule has 1 heterocycles. The van der Waals surface area contributed by atoms with Gasteiger partial charge in [0.1, 0.15) is 0 Å². The zero-order chi connectivity index (χ0) is 12.1. The van der Waals surface area contributed by atoms with E-state index in [0.29, 0.717) is 6.42 Å². The van der Waals surface area contributed by atoms with Crippen molar-refractivity contribution in [3.8, 4) is 0 Å². The van der Waals surface area contributed by atoms with Crippen molar-refractivity contribution in [1.82, 2.24) is 0 Å². The van der Waals surface area contributed by atoms with Gasteiger partial charge in [0.15, 0.2) is 0 Å². The lowest BCUT2D eigenvalue weighted by Crippen LogP contribution is -2.37. The summed E-state index contributed by atoms with van der Waals surface area (Å²) < 4.78 is 0. The molecule has 0 amide bonds. The van der Waals surface area contributed by atoms with Gasteiger partial charge >= 0.3 is 0 Å². The maximum absolute atomic E-state index is 9.67. The molecule has 1 aromatic heterocycles. The summed E-state index contributed by atoms with van der Waals surface area (Å²) in [6.45, 7) is -0.104. The first kappa shape index (κ1) is 12.3. The normalized spacial score (nSPS) is 11.6. The molecule has 2 nitrogen and oxygen atoms in total. The van der Waals surface area contributed by atoms with Crippen LogP contribution in [0.3, 0.4) is 0 Å². The van der Waals surface area contributed by atoms with Crippen molar-refractivity contribution < 1.29 is 10.2 Å². The molecule has 2 rings (SSSR count). The summed E-state index contributed by atoms with van der Waals surface area (Å²) in [6, 6.07) is 11.8. The van der Waals surface area contributed by atoms with Crippen molar-refractivity contribution in [2.75, 3.05) is 13.2 Å². The molecular formula is C14H16O2S. The number of aliphatic hydroxyl groups excluding tert-OH is 2. The molecule has 1 aromatic carbocycles. The quantitative estimate of drug-likeness (QED) is 0.851. The van der Waals surface area contributed by atoms with Crippen molar-refractivity contribution in [1.29, 1.82) is 0 Å². The Morgan fingerprint density at radius 3 is 2.24 bits per heavy atom. The summed E-state index contributed by atoms with van der Waals surface area (Å²) in [6.07, 6.45) is 0.660. The zero-order valence-corrected chi connectivity index (χ0v) is 10.4. The lowest BCUT2D eigenvalue weighted by Gasteiger charge is -2.30. The van der Waals surface area contributed by atoms with Gasteiger partial charge in [-0.05, 0) is 34.4 Å². The second kappa shape index (κ2) is 5.45. The fourth-order valence-corrected chi connectivity index (χ4v) is 2.69. The predicted octanol–water partition coefficient (Wildman–Crippen LogP) is 2.21. The Kier molecular flexibility index (Phi) is 3.94. The van der Waals surface area contributed by atoms with Crippen LogP contribution in [0, 0.1) is 0 Å². The summed E-state index contributed by atoms with van der Waals surface area (Å²) in [4.78, 5) is 0. The van der Waals surface area contributed by atoms with Crippen LogP contribution in [-0.4, -0.2) is 23.4 Å². The highest BCUT2D eigenvalue weighted by molar-refractivity contribution is 7.07. The average molecular weight is 248 g/mol. The van der Waals surface area contributed by atoms with Gasteiger partial charge in [-0.2, -0.15) is 11.3 Å². The summed E-state index contributed by atoms with van der Waals surface area (Å²) in [5.41, 5.74) is 1.56. The van der Waals surface area contributed by atoms with Crippen LogP contribution in [0.4, 0.5) is 0 Å². The molecule has 0 saturated heterocycles. The minimum absolute atomic E-state index is 0.0522. The van der Waals surface area contributed by atoms with Crippen LogP contribution in [0.25, 0.3) is 0 Å². The van der Waals surface area contributed by atoms with E-state index >= 15 is 0 Å². The molecule has 90 valence electrons. The van der Waals surface area contributed by atoms with Gasteiger partial charge in [-0.15, -0.1) is 0 Å². The van der Waals surface area contributed by atoms with Crippen LogP contribution < -0.4 is 0 Å². The number of benzene rings is 1. The van der Waals surface area contributed by atoms with E-state index in [-0.39, 0.29) is 13.2 Å². The number of thiophene rings is 1. The van der Waals surface area contributed by atoms with Crippen LogP contribution in [0.15, 0.2) is 47.2 Å². The predicted molar refractivity (Wildman–Crippen MR) is 70.3 cm³/mol. The van der Waals surface area contributed by atoms with Crippen LogP contribution in [0.2, 0.25) is 0 Å². The van der Waals surface area contributed by atoms with Gasteiger partial charge < -0.3 is 10.2 Å². The van der Waals surface area contributed by atoms with Crippen molar-refractivity contribution >= 4 is 11.3 Å². The highest BCUT2D eigenvalue weighted by Gasteiger charge is 2.31. The van der Waals surface area contributed by atoms with Gasteiger partial charge in [0.05, 0.1) is 13.2 Å². The van der Waals surface area contributed by atoms with Gasteiger partial charge in [0, 0.05) is 5.41 Å². The van der Waals surface area contributed by atoms with E-state index in [2.05, 4.69) is 5.38 Å². The topological polar surface area (TPSA) is 40.5 Å². The molecule has 0 aliphatic rings. The maximum Gasteiger partial charge on any atom is 0.0553 e. The lowest BCUT2D eigenvalue weighted by atomic mass is 9.77. The molecule has 0 atom stereocenters. The SMILES string of the molecule is OCC(CO)(Cc1ccsc1)c1ccccc1. The molecule has 0 aliphatic heterocycles. The third kappa shape index (κ3) is 2.57. The van der Waals surface area contributed by atoms with E-state index < -0.39 is 5.41 Å². The van der Waals surface area contributed by atoms with Crippen molar-refractivity contribution in [2.45, 2.75) is 11.8 Å². The summed E-state index contributed by atoms with van der Waals surface area (Å²) in [7, 11) is 0. The van der Waals surface area contributed by atoms with E-state index in [9.17, 15) is 10.2 Å². The van der Waals surface area contributed by atoms with Crippen LogP contribution in [0.1, 0.15) is 11.1 Å². The Hall–Kier alpha value is -1.16. The molecule has 0 saturated carbocycles. The van der Waals surface area contributed by atoms with Crippen molar-refractivity contribution in [3.05, 3.63) is 58.3 Å². The summed E-state index contributed by atoms with van der Waals surface area (Å²) >= 11 is 1.63. The first-order valence-corrected chi connectivity index (χ1v) is 6.53. The molecule has 0 fully saturated rings. The average Bonchev–Trinajstić information content (AvgIpc) is 2.90. The second-order valence-electron chi connectivity index (χ2n) is 4.27. The van der Waals surface area contributed by atoms with Crippen LogP contribution >= 0.6 is 11.3 Å². The van der Waals surface area contributed by atoms with Gasteiger partial charge in [-0.25, -0.2) is 0 Å². The third-order valence-electron chi connectivity index (χ3n) is 3.11. The van der Waals surface area contributed by atoms with Gasteiger partial charge in [0.25, 0.3) is 0 Å². The van der Waals surface area contributed by atoms with E-state index in [0.717, 1.165) is 11.1 Å². The number of hydrogen-bond acceptors (Lipinski definition) is 3. The van der Waals surface area contributed by atoms with E-state index in [1.54, 1.807) is 11.3 Å². The lowest BCUT2D eigenvalue weighted by molar-refractivity contribution is 0.116. The smallest absolute Gasteiger partial charge is 0.0553 e. The fourth-order valence-electron chi connectivity index (χ4n) is 2.02. The zero-order valence-electron chi connectivity index (χ0n) is 9.54. The van der Waals surface area contributed by atoms with Gasteiger partial charge in [-0.3, -0.25) is 0 Å². The second-order valence-corrected chi connectivity index (χ2v) is 5.05. The van der Waals surface area contributed by atoms with Crippen molar-refractivity contribution in [2.24, 2.45) is 0 Å². The van der Waals surface area contributed by atoms with Gasteiger partial charge in [-0.1, -0.05) is 30.3 Å². The molecule has 2 aromatic rings. The molecule has 2 N–H and O–H groups in total. The molecule has 0 spiro atoms. The Bertz CT molecular complexity index is 433. The van der Waals surface area contributed by atoms with Crippen LogP contribution in [0.5, 0.6) is 0 Å². The first-order valence-electron chi connectivity index (χ1n) is 5.59. The fraction of sp³-hybridized carbons (Fsp3) is 0.286. The minimum Gasteiger partial charge on any atom is -0.395 e. The van der Waals surface area contributed by atoms with E-state index in [4.69, 9.17) is 0 Å². The monoisotopic (exact) mass is 248 g/mol. The molecule has 17 heavy (non-hydrogen) atoms. The van der Waals surface area contributed by atoms with E-state index in [1.165, 1.54) is 0 Å². The first-order chi connectivity index (χ1) is 8.30.